The lowest BCUT2D eigenvalue weighted by Crippen LogP contribution is -2.67. The van der Waals surface area contributed by atoms with Gasteiger partial charge >= 0.3 is 8.56 Å². The largest absolute Gasteiger partial charge is 0.416 e. The van der Waals surface area contributed by atoms with Crippen LogP contribution in [0, 0.1) is 11.8 Å². The van der Waals surface area contributed by atoms with Gasteiger partial charge in [-0.25, -0.2) is 0 Å². The Morgan fingerprint density at radius 1 is 0.875 bits per heavy atom. The molecule has 0 N–H and O–H groups in total. The number of rotatable bonds is 9. The van der Waals surface area contributed by atoms with Gasteiger partial charge in [-0.2, -0.15) is 0 Å². The fraction of sp³-hybridized carbons (Fsp3) is 0.962. The van der Waals surface area contributed by atoms with Gasteiger partial charge in [-0.15, -0.1) is 0 Å². The van der Waals surface area contributed by atoms with Crippen LogP contribution in [-0.4, -0.2) is 42.0 Å². The molecule has 0 aliphatic carbocycles. The van der Waals surface area contributed by atoms with E-state index in [1.54, 1.807) is 0 Å². The highest BCUT2D eigenvalue weighted by atomic mass is 28.4. The average Bonchev–Trinajstić information content (AvgIpc) is 2.60. The quantitative estimate of drug-likeness (QED) is 0.246. The standard InChI is InChI=1S/C26H54O4Si2/c1-18(2)31(19(3)4,20(5)6)28-17-21(7)24-22(8)23(15-16-27)29-32(30-24,25(9,10)11)26(12,13)14/h16,18-24H,15,17H2,1-14H3/t21-,22+,23-,24-/m0/s1. The van der Waals surface area contributed by atoms with Gasteiger partial charge in [0.05, 0.1) is 12.2 Å². The maximum atomic E-state index is 11.6. The van der Waals surface area contributed by atoms with Crippen LogP contribution in [0.15, 0.2) is 0 Å². The summed E-state index contributed by atoms with van der Waals surface area (Å²) in [6.07, 6.45) is 1.37. The van der Waals surface area contributed by atoms with E-state index in [2.05, 4.69) is 96.9 Å². The van der Waals surface area contributed by atoms with Crippen molar-refractivity contribution in [3.05, 3.63) is 0 Å². The summed E-state index contributed by atoms with van der Waals surface area (Å²) in [7, 11) is -4.65. The fourth-order valence-corrected chi connectivity index (χ4v) is 17.4. The van der Waals surface area contributed by atoms with Crippen molar-refractivity contribution in [3.8, 4) is 0 Å². The zero-order valence-electron chi connectivity index (χ0n) is 23.7. The van der Waals surface area contributed by atoms with Gasteiger partial charge in [0.1, 0.15) is 6.29 Å². The lowest BCUT2D eigenvalue weighted by molar-refractivity contribution is -0.118. The van der Waals surface area contributed by atoms with Crippen LogP contribution in [0.4, 0.5) is 0 Å². The van der Waals surface area contributed by atoms with Gasteiger partial charge in [-0.3, -0.25) is 0 Å². The Hall–Kier alpha value is -0.0162. The van der Waals surface area contributed by atoms with Gasteiger partial charge < -0.3 is 18.1 Å². The second-order valence-electron chi connectivity index (χ2n) is 13.2. The predicted octanol–water partition coefficient (Wildman–Crippen LogP) is 7.87. The molecular formula is C26H54O4Si2. The molecule has 0 unspecified atom stereocenters. The van der Waals surface area contributed by atoms with Crippen LogP contribution in [0.1, 0.15) is 103 Å². The number of carbonyl (C=O) groups excluding carboxylic acids is 1. The van der Waals surface area contributed by atoms with E-state index in [4.69, 9.17) is 13.3 Å². The van der Waals surface area contributed by atoms with Crippen molar-refractivity contribution in [2.24, 2.45) is 11.8 Å². The van der Waals surface area contributed by atoms with Gasteiger partial charge in [0.25, 0.3) is 0 Å². The van der Waals surface area contributed by atoms with E-state index >= 15 is 0 Å². The molecule has 0 amide bonds. The number of hydrogen-bond acceptors (Lipinski definition) is 4. The Morgan fingerprint density at radius 3 is 1.66 bits per heavy atom. The highest BCUT2D eigenvalue weighted by Crippen LogP contribution is 2.56. The van der Waals surface area contributed by atoms with Crippen molar-refractivity contribution < 1.29 is 18.1 Å². The zero-order valence-corrected chi connectivity index (χ0v) is 25.7. The second-order valence-corrected chi connectivity index (χ2v) is 23.4. The molecule has 0 saturated carbocycles. The first-order chi connectivity index (χ1) is 14.4. The average molecular weight is 487 g/mol. The Labute approximate surface area is 201 Å². The summed E-state index contributed by atoms with van der Waals surface area (Å²) >= 11 is 0. The highest BCUT2D eigenvalue weighted by Gasteiger charge is 2.63. The van der Waals surface area contributed by atoms with E-state index in [0.717, 1.165) is 6.29 Å². The summed E-state index contributed by atoms with van der Waals surface area (Å²) in [4.78, 5) is 11.6. The Bertz CT molecular complexity index is 568. The third kappa shape index (κ3) is 5.61. The number of carbonyl (C=O) groups is 1. The predicted molar refractivity (Wildman–Crippen MR) is 141 cm³/mol. The molecule has 0 spiro atoms. The second kappa shape index (κ2) is 10.7. The van der Waals surface area contributed by atoms with E-state index in [9.17, 15) is 4.79 Å². The normalized spacial score (nSPS) is 26.1. The highest BCUT2D eigenvalue weighted by molar-refractivity contribution is 6.77. The number of aldehydes is 1. The van der Waals surface area contributed by atoms with Crippen LogP contribution in [0.5, 0.6) is 0 Å². The van der Waals surface area contributed by atoms with Crippen LogP contribution in [0.25, 0.3) is 0 Å². The summed E-state index contributed by atoms with van der Waals surface area (Å²) in [5.74, 6) is 0.389. The maximum Gasteiger partial charge on any atom is 0.349 e. The van der Waals surface area contributed by atoms with Crippen molar-refractivity contribution in [1.82, 2.24) is 0 Å². The third-order valence-electron chi connectivity index (χ3n) is 7.89. The molecule has 0 aromatic carbocycles. The molecule has 1 rings (SSSR count). The van der Waals surface area contributed by atoms with Gasteiger partial charge in [0, 0.05) is 34.9 Å². The molecule has 1 aliphatic rings. The lowest BCUT2D eigenvalue weighted by atomic mass is 9.88. The zero-order chi connectivity index (χ0) is 25.3. The van der Waals surface area contributed by atoms with Crippen LogP contribution < -0.4 is 0 Å². The molecule has 1 fully saturated rings. The van der Waals surface area contributed by atoms with Crippen LogP contribution >= 0.6 is 0 Å². The Morgan fingerprint density at radius 2 is 1.31 bits per heavy atom. The van der Waals surface area contributed by atoms with E-state index in [1.807, 2.05) is 0 Å². The molecule has 0 bridgehead atoms. The van der Waals surface area contributed by atoms with Crippen molar-refractivity contribution in [2.45, 2.75) is 142 Å². The van der Waals surface area contributed by atoms with Crippen molar-refractivity contribution in [3.63, 3.8) is 0 Å². The monoisotopic (exact) mass is 486 g/mol. The molecular weight excluding hydrogens is 432 g/mol. The molecule has 1 aliphatic heterocycles. The minimum absolute atomic E-state index is 0.0250. The van der Waals surface area contributed by atoms with Crippen molar-refractivity contribution in [2.75, 3.05) is 6.61 Å². The van der Waals surface area contributed by atoms with E-state index in [1.165, 1.54) is 0 Å². The van der Waals surface area contributed by atoms with E-state index < -0.39 is 16.9 Å². The van der Waals surface area contributed by atoms with Crippen molar-refractivity contribution >= 4 is 23.2 Å². The van der Waals surface area contributed by atoms with Gasteiger partial charge in [-0.05, 0) is 16.6 Å². The number of hydrogen-bond donors (Lipinski definition) is 0. The van der Waals surface area contributed by atoms with Gasteiger partial charge in [0.15, 0.2) is 8.32 Å². The minimum Gasteiger partial charge on any atom is -0.416 e. The van der Waals surface area contributed by atoms with Crippen LogP contribution in [0.2, 0.25) is 26.7 Å². The molecule has 32 heavy (non-hydrogen) atoms. The third-order valence-corrected chi connectivity index (χ3v) is 19.2. The topological polar surface area (TPSA) is 44.8 Å². The fourth-order valence-electron chi connectivity index (χ4n) is 6.55. The summed E-state index contributed by atoms with van der Waals surface area (Å²) in [6.45, 7) is 32.6. The summed E-state index contributed by atoms with van der Waals surface area (Å²) < 4.78 is 21.0. The molecule has 190 valence electrons. The SMILES string of the molecule is CC(C)[Si](OC[C@H](C)[C@@H]1O[Si](C(C)(C)C)(C(C)(C)C)O[C@@H](CC=O)[C@H]1C)(C(C)C)C(C)C. The molecule has 1 saturated heterocycles. The molecule has 0 aromatic rings. The van der Waals surface area contributed by atoms with Crippen LogP contribution in [0.3, 0.4) is 0 Å². The molecule has 0 aromatic heterocycles. The summed E-state index contributed by atoms with van der Waals surface area (Å²) in [6, 6.07) is 0. The first-order valence-corrected chi connectivity index (χ1v) is 16.8. The first-order valence-electron chi connectivity index (χ1n) is 12.8. The smallest absolute Gasteiger partial charge is 0.349 e. The van der Waals surface area contributed by atoms with Gasteiger partial charge in [-0.1, -0.05) is 96.9 Å². The molecule has 4 atom stereocenters. The Balaban J connectivity index is 3.34. The van der Waals surface area contributed by atoms with Gasteiger partial charge in [0.2, 0.25) is 0 Å². The van der Waals surface area contributed by atoms with Crippen molar-refractivity contribution in [1.29, 1.82) is 0 Å². The maximum absolute atomic E-state index is 11.6. The van der Waals surface area contributed by atoms with E-state index in [0.29, 0.717) is 29.7 Å². The molecule has 4 nitrogen and oxygen atoms in total. The molecule has 0 radical (unpaired) electrons. The molecule has 1 heterocycles. The first kappa shape index (κ1) is 30.0. The summed E-state index contributed by atoms with van der Waals surface area (Å²) in [5, 5.41) is -0.227. The van der Waals surface area contributed by atoms with E-state index in [-0.39, 0.29) is 34.1 Å². The minimum atomic E-state index is -2.70. The van der Waals surface area contributed by atoms with Crippen LogP contribution in [-0.2, 0) is 18.1 Å². The molecule has 6 heteroatoms. The lowest BCUT2D eigenvalue weighted by Gasteiger charge is -2.58. The summed E-state index contributed by atoms with van der Waals surface area (Å²) in [5.41, 5.74) is 1.68. The Kier molecular flexibility index (Phi) is 10.1.